The summed E-state index contributed by atoms with van der Waals surface area (Å²) in [5.74, 6) is -0.169. The van der Waals surface area contributed by atoms with Crippen LogP contribution in [0, 0.1) is 0 Å². The number of hydrogen-bond acceptors (Lipinski definition) is 5. The molecule has 146 valence electrons. The number of aromatic nitrogens is 2. The highest BCUT2D eigenvalue weighted by Gasteiger charge is 2.36. The largest absolute Gasteiger partial charge is 0.416 e. The van der Waals surface area contributed by atoms with Gasteiger partial charge >= 0.3 is 6.18 Å². The van der Waals surface area contributed by atoms with Crippen LogP contribution in [0.4, 0.5) is 24.7 Å². The average Bonchev–Trinajstić information content (AvgIpc) is 2.95. The third-order valence-electron chi connectivity index (χ3n) is 5.51. The van der Waals surface area contributed by atoms with Gasteiger partial charge < -0.3 is 21.9 Å². The Morgan fingerprint density at radius 3 is 2.81 bits per heavy atom. The van der Waals surface area contributed by atoms with Crippen LogP contribution in [0.1, 0.15) is 47.4 Å². The number of nitrogens with two attached hydrogens (primary N) is 2. The molecule has 6 nitrogen and oxygen atoms in total. The Morgan fingerprint density at radius 2 is 2.07 bits per heavy atom. The summed E-state index contributed by atoms with van der Waals surface area (Å²) in [4.78, 5) is 0. The molecule has 0 fully saturated rings. The highest BCUT2D eigenvalue weighted by Crippen LogP contribution is 2.42. The molecule has 4 rings (SSSR count). The summed E-state index contributed by atoms with van der Waals surface area (Å²) in [6.07, 6.45) is -3.04. The second-order valence-corrected chi connectivity index (χ2v) is 7.29. The maximum absolute atomic E-state index is 13.1. The number of aliphatic hydroxyl groups excluding tert-OH is 1. The molecular weight excluding hydrogens is 359 g/mol. The third kappa shape index (κ3) is 3.14. The fourth-order valence-corrected chi connectivity index (χ4v) is 4.05. The maximum Gasteiger partial charge on any atom is 0.416 e. The number of alkyl halides is 3. The zero-order valence-electron chi connectivity index (χ0n) is 14.6. The van der Waals surface area contributed by atoms with Crippen LogP contribution in [0.2, 0.25) is 0 Å². The minimum atomic E-state index is -4.44. The molecule has 2 aromatic rings. The summed E-state index contributed by atoms with van der Waals surface area (Å²) in [5, 5.41) is 18.5. The highest BCUT2D eigenvalue weighted by molar-refractivity contribution is 5.57. The van der Waals surface area contributed by atoms with Gasteiger partial charge in [-0.3, -0.25) is 0 Å². The van der Waals surface area contributed by atoms with Gasteiger partial charge in [-0.15, -0.1) is 0 Å². The molecule has 0 saturated heterocycles. The average molecular weight is 381 g/mol. The van der Waals surface area contributed by atoms with Crippen LogP contribution in [-0.2, 0) is 19.0 Å². The fraction of sp³-hybridized carbons (Fsp3) is 0.500. The number of aliphatic hydroxyl groups is 1. The molecule has 27 heavy (non-hydrogen) atoms. The lowest BCUT2D eigenvalue weighted by atomic mass is 9.88. The standard InChI is InChI=1S/C18H22F3N5O/c19-18(20,21)9-1-4-14-13(7-9)11(5-6-24-14)17(27)26-16(23)12-3-2-10(22)8-15(12)25-26/h1,4,7,10-11,17,24,27H,2-3,5-6,8,22-23H2. The summed E-state index contributed by atoms with van der Waals surface area (Å²) in [6, 6.07) is 3.56. The predicted molar refractivity (Wildman–Crippen MR) is 95.2 cm³/mol. The molecule has 1 aliphatic heterocycles. The molecule has 3 atom stereocenters. The van der Waals surface area contributed by atoms with Gasteiger partial charge in [0.1, 0.15) is 5.82 Å². The van der Waals surface area contributed by atoms with E-state index in [0.717, 1.165) is 29.8 Å². The van der Waals surface area contributed by atoms with Crippen LogP contribution in [0.3, 0.4) is 0 Å². The second-order valence-electron chi connectivity index (χ2n) is 7.29. The van der Waals surface area contributed by atoms with Gasteiger partial charge in [-0.05, 0) is 43.0 Å². The number of anilines is 2. The monoisotopic (exact) mass is 381 g/mol. The number of benzene rings is 1. The Kier molecular flexibility index (Phi) is 4.31. The van der Waals surface area contributed by atoms with Crippen LogP contribution >= 0.6 is 0 Å². The maximum atomic E-state index is 13.1. The minimum Gasteiger partial charge on any atom is -0.385 e. The van der Waals surface area contributed by atoms with Gasteiger partial charge in [0.25, 0.3) is 0 Å². The van der Waals surface area contributed by atoms with Crippen molar-refractivity contribution < 1.29 is 18.3 Å². The molecule has 9 heteroatoms. The summed E-state index contributed by atoms with van der Waals surface area (Å²) in [6.45, 7) is 0.547. The van der Waals surface area contributed by atoms with Crippen molar-refractivity contribution >= 4 is 11.5 Å². The molecule has 0 amide bonds. The van der Waals surface area contributed by atoms with E-state index >= 15 is 0 Å². The Labute approximate surface area is 154 Å². The van der Waals surface area contributed by atoms with Gasteiger partial charge in [-0.25, -0.2) is 4.68 Å². The van der Waals surface area contributed by atoms with Crippen molar-refractivity contribution in [2.75, 3.05) is 17.6 Å². The normalized spacial score (nSPS) is 23.3. The van der Waals surface area contributed by atoms with E-state index in [9.17, 15) is 18.3 Å². The molecule has 1 aliphatic carbocycles. The van der Waals surface area contributed by atoms with Crippen LogP contribution in [0.5, 0.6) is 0 Å². The molecule has 0 saturated carbocycles. The van der Waals surface area contributed by atoms with Crippen LogP contribution in [0.25, 0.3) is 0 Å². The van der Waals surface area contributed by atoms with Gasteiger partial charge in [0.2, 0.25) is 0 Å². The molecule has 1 aromatic carbocycles. The Balaban J connectivity index is 1.71. The molecule has 1 aromatic heterocycles. The lowest BCUT2D eigenvalue weighted by Crippen LogP contribution is -2.28. The zero-order valence-corrected chi connectivity index (χ0v) is 14.6. The van der Waals surface area contributed by atoms with E-state index in [1.165, 1.54) is 10.7 Å². The Hall–Kier alpha value is -2.26. The van der Waals surface area contributed by atoms with E-state index in [-0.39, 0.29) is 6.04 Å². The minimum absolute atomic E-state index is 0.00587. The smallest absolute Gasteiger partial charge is 0.385 e. The number of rotatable bonds is 2. The van der Waals surface area contributed by atoms with E-state index in [2.05, 4.69) is 10.4 Å². The van der Waals surface area contributed by atoms with Gasteiger partial charge in [0.05, 0.1) is 11.3 Å². The van der Waals surface area contributed by atoms with Crippen molar-refractivity contribution in [3.05, 3.63) is 40.6 Å². The molecule has 0 bridgehead atoms. The van der Waals surface area contributed by atoms with Crippen molar-refractivity contribution in [2.24, 2.45) is 5.73 Å². The van der Waals surface area contributed by atoms with Gasteiger partial charge in [0, 0.05) is 36.2 Å². The van der Waals surface area contributed by atoms with Crippen molar-refractivity contribution in [1.82, 2.24) is 9.78 Å². The topological polar surface area (TPSA) is 102 Å². The first-order chi connectivity index (χ1) is 12.8. The number of fused-ring (bicyclic) bond motifs is 2. The van der Waals surface area contributed by atoms with E-state index in [1.54, 1.807) is 0 Å². The highest BCUT2D eigenvalue weighted by atomic mass is 19.4. The first-order valence-electron chi connectivity index (χ1n) is 9.00. The van der Waals surface area contributed by atoms with Crippen molar-refractivity contribution in [3.8, 4) is 0 Å². The lowest BCUT2D eigenvalue weighted by molar-refractivity contribution is -0.137. The number of halogens is 3. The summed E-state index contributed by atoms with van der Waals surface area (Å²) in [7, 11) is 0. The van der Waals surface area contributed by atoms with E-state index in [4.69, 9.17) is 11.5 Å². The molecular formula is C18H22F3N5O. The number of hydrogen-bond donors (Lipinski definition) is 4. The van der Waals surface area contributed by atoms with Crippen LogP contribution in [0.15, 0.2) is 18.2 Å². The lowest BCUT2D eigenvalue weighted by Gasteiger charge is -2.31. The van der Waals surface area contributed by atoms with E-state index in [0.29, 0.717) is 42.9 Å². The number of nitrogen functional groups attached to an aromatic ring is 1. The Bertz CT molecular complexity index is 863. The molecule has 3 unspecified atom stereocenters. The Morgan fingerprint density at radius 1 is 1.30 bits per heavy atom. The van der Waals surface area contributed by atoms with Gasteiger partial charge in [-0.2, -0.15) is 18.3 Å². The van der Waals surface area contributed by atoms with E-state index < -0.39 is 23.9 Å². The quantitative estimate of drug-likeness (QED) is 0.640. The fourth-order valence-electron chi connectivity index (χ4n) is 4.05. The molecule has 2 aliphatic rings. The summed E-state index contributed by atoms with van der Waals surface area (Å²) >= 11 is 0. The van der Waals surface area contributed by atoms with Crippen LogP contribution in [-0.4, -0.2) is 27.5 Å². The summed E-state index contributed by atoms with van der Waals surface area (Å²) < 4.78 is 40.7. The molecule has 6 N–H and O–H groups in total. The van der Waals surface area contributed by atoms with Crippen molar-refractivity contribution in [3.63, 3.8) is 0 Å². The molecule has 0 spiro atoms. The van der Waals surface area contributed by atoms with Gasteiger partial charge in [0.15, 0.2) is 6.23 Å². The summed E-state index contributed by atoms with van der Waals surface area (Å²) in [5.41, 5.74) is 14.1. The zero-order chi connectivity index (χ0) is 19.3. The van der Waals surface area contributed by atoms with E-state index in [1.807, 2.05) is 0 Å². The predicted octanol–water partition coefficient (Wildman–Crippen LogP) is 2.39. The first kappa shape index (κ1) is 18.1. The first-order valence-corrected chi connectivity index (χ1v) is 9.00. The molecule has 0 radical (unpaired) electrons. The molecule has 2 heterocycles. The second kappa shape index (κ2) is 6.42. The number of nitrogens with one attached hydrogen (secondary N) is 1. The van der Waals surface area contributed by atoms with Gasteiger partial charge in [-0.1, -0.05) is 0 Å². The third-order valence-corrected chi connectivity index (χ3v) is 5.51. The number of nitrogens with zero attached hydrogens (tertiary/aromatic N) is 2. The SMILES string of the molecule is Nc1c2c(nn1C(O)C1CCNc3ccc(C(F)(F)F)cc31)CC(N)CC2. The van der Waals surface area contributed by atoms with Crippen molar-refractivity contribution in [2.45, 2.75) is 50.0 Å². The van der Waals surface area contributed by atoms with Crippen LogP contribution < -0.4 is 16.8 Å². The van der Waals surface area contributed by atoms with Crippen molar-refractivity contribution in [1.29, 1.82) is 0 Å².